The summed E-state index contributed by atoms with van der Waals surface area (Å²) < 4.78 is 5.41. The Morgan fingerprint density at radius 1 is 1.53 bits per heavy atom. The highest BCUT2D eigenvalue weighted by Gasteiger charge is 2.32. The van der Waals surface area contributed by atoms with Crippen molar-refractivity contribution in [2.45, 2.75) is 19.1 Å². The van der Waals surface area contributed by atoms with Crippen LogP contribution in [0.3, 0.4) is 0 Å². The number of hydrogen-bond donors (Lipinski definition) is 3. The summed E-state index contributed by atoms with van der Waals surface area (Å²) in [5, 5.41) is 20.7. The lowest BCUT2D eigenvalue weighted by Crippen LogP contribution is -2.52. The van der Waals surface area contributed by atoms with Crippen LogP contribution in [0.5, 0.6) is 5.75 Å². The monoisotopic (exact) mass is 239 g/mol. The highest BCUT2D eigenvalue weighted by Crippen LogP contribution is 2.15. The van der Waals surface area contributed by atoms with Crippen molar-refractivity contribution < 1.29 is 19.7 Å². The largest absolute Gasteiger partial charge is 0.491 e. The van der Waals surface area contributed by atoms with Gasteiger partial charge in [0.1, 0.15) is 17.9 Å². The van der Waals surface area contributed by atoms with Gasteiger partial charge in [-0.15, -0.1) is 0 Å². The minimum Gasteiger partial charge on any atom is -0.491 e. The molecule has 17 heavy (non-hydrogen) atoms. The van der Waals surface area contributed by atoms with Crippen molar-refractivity contribution in [3.63, 3.8) is 0 Å². The molecule has 1 aromatic carbocycles. The van der Waals surface area contributed by atoms with Gasteiger partial charge in [-0.25, -0.2) is 0 Å². The molecule has 5 heteroatoms. The van der Waals surface area contributed by atoms with Gasteiger partial charge in [-0.1, -0.05) is 12.1 Å². The van der Waals surface area contributed by atoms with Gasteiger partial charge in [0.05, 0.1) is 6.61 Å². The Hall–Kier alpha value is -1.59. The Labute approximate surface area is 100 Å². The van der Waals surface area contributed by atoms with Crippen molar-refractivity contribution in [3.8, 4) is 5.75 Å². The first-order valence-corrected chi connectivity index (χ1v) is 5.27. The topological polar surface area (TPSA) is 78.8 Å². The maximum Gasteiger partial charge on any atom is 0.327 e. The number of likely N-dealkylation sites (N-methyl/N-ethyl adjacent to an activating group) is 1. The molecule has 1 aromatic rings. The van der Waals surface area contributed by atoms with E-state index in [1.165, 1.54) is 0 Å². The lowest BCUT2D eigenvalue weighted by Gasteiger charge is -2.24. The van der Waals surface area contributed by atoms with Crippen LogP contribution in [0.2, 0.25) is 0 Å². The molecule has 0 fully saturated rings. The van der Waals surface area contributed by atoms with E-state index in [1.807, 2.05) is 0 Å². The second-order valence-electron chi connectivity index (χ2n) is 3.98. The predicted octanol–water partition coefficient (Wildman–Crippen LogP) is 0.620. The molecule has 1 rings (SSSR count). The molecule has 94 valence electrons. The third kappa shape index (κ3) is 3.44. The fourth-order valence-corrected chi connectivity index (χ4v) is 1.20. The quantitative estimate of drug-likeness (QED) is 0.678. The highest BCUT2D eigenvalue weighted by atomic mass is 16.5. The molecule has 0 aliphatic carbocycles. The first kappa shape index (κ1) is 13.5. The molecule has 0 saturated heterocycles. The van der Waals surface area contributed by atoms with Gasteiger partial charge < -0.3 is 20.3 Å². The number of ether oxygens (including phenoxy) is 1. The molecule has 0 aliphatic heterocycles. The fourth-order valence-electron chi connectivity index (χ4n) is 1.20. The normalized spacial score (nSPS) is 14.1. The molecular weight excluding hydrogens is 222 g/mol. The van der Waals surface area contributed by atoms with Crippen LogP contribution in [-0.4, -0.2) is 35.4 Å². The molecule has 1 unspecified atom stereocenters. The molecule has 0 radical (unpaired) electrons. The molecule has 0 saturated carbocycles. The summed E-state index contributed by atoms with van der Waals surface area (Å²) in [5.41, 5.74) is -0.404. The van der Waals surface area contributed by atoms with Crippen molar-refractivity contribution in [2.75, 3.05) is 13.7 Å². The summed E-state index contributed by atoms with van der Waals surface area (Å²) >= 11 is 0. The fraction of sp³-hybridized carbons (Fsp3) is 0.417. The Kier molecular flexibility index (Phi) is 4.48. The highest BCUT2D eigenvalue weighted by molar-refractivity contribution is 5.78. The van der Waals surface area contributed by atoms with Crippen LogP contribution < -0.4 is 10.1 Å². The number of aliphatic hydroxyl groups excluding tert-OH is 1. The zero-order chi connectivity index (χ0) is 12.9. The van der Waals surface area contributed by atoms with Gasteiger partial charge in [0.25, 0.3) is 0 Å². The summed E-state index contributed by atoms with van der Waals surface area (Å²) in [5.74, 6) is -0.433. The SMILES string of the molecule is CNC(C)(COc1cccc(CO)c1)C(=O)O. The Bertz CT molecular complexity index is 394. The molecule has 0 aromatic heterocycles. The molecule has 0 spiro atoms. The standard InChI is InChI=1S/C12H17NO4/c1-12(13-2,11(15)16)8-17-10-5-3-4-9(6-10)7-14/h3-6,13-14H,7-8H2,1-2H3,(H,15,16). The van der Waals surface area contributed by atoms with Crippen molar-refractivity contribution in [1.82, 2.24) is 5.32 Å². The van der Waals surface area contributed by atoms with Crippen LogP contribution in [0.15, 0.2) is 24.3 Å². The van der Waals surface area contributed by atoms with Gasteiger partial charge in [-0.05, 0) is 31.7 Å². The molecule has 0 aliphatic rings. The van der Waals surface area contributed by atoms with Crippen molar-refractivity contribution in [3.05, 3.63) is 29.8 Å². The van der Waals surface area contributed by atoms with Crippen molar-refractivity contribution in [2.24, 2.45) is 0 Å². The van der Waals surface area contributed by atoms with E-state index in [1.54, 1.807) is 38.2 Å². The summed E-state index contributed by atoms with van der Waals surface area (Å²) in [6.45, 7) is 1.48. The maximum absolute atomic E-state index is 11.0. The van der Waals surface area contributed by atoms with Gasteiger partial charge in [-0.3, -0.25) is 4.79 Å². The molecular formula is C12H17NO4. The molecule has 1 atom stereocenters. The summed E-state index contributed by atoms with van der Waals surface area (Å²) in [7, 11) is 1.57. The number of rotatable bonds is 6. The molecule has 0 bridgehead atoms. The van der Waals surface area contributed by atoms with E-state index in [2.05, 4.69) is 5.32 Å². The first-order chi connectivity index (χ1) is 8.01. The lowest BCUT2D eigenvalue weighted by atomic mass is 10.1. The Morgan fingerprint density at radius 2 is 2.24 bits per heavy atom. The van der Waals surface area contributed by atoms with E-state index < -0.39 is 11.5 Å². The maximum atomic E-state index is 11.0. The Balaban J connectivity index is 2.69. The third-order valence-corrected chi connectivity index (χ3v) is 2.63. The van der Waals surface area contributed by atoms with Crippen LogP contribution in [0, 0.1) is 0 Å². The van der Waals surface area contributed by atoms with Gasteiger partial charge in [-0.2, -0.15) is 0 Å². The van der Waals surface area contributed by atoms with Crippen LogP contribution in [0.25, 0.3) is 0 Å². The molecule has 0 heterocycles. The second kappa shape index (κ2) is 5.65. The van der Waals surface area contributed by atoms with Gasteiger partial charge >= 0.3 is 5.97 Å². The van der Waals surface area contributed by atoms with Gasteiger partial charge in [0.2, 0.25) is 0 Å². The number of benzene rings is 1. The van der Waals surface area contributed by atoms with Gasteiger partial charge in [0.15, 0.2) is 0 Å². The van der Waals surface area contributed by atoms with Crippen molar-refractivity contribution >= 4 is 5.97 Å². The number of carboxylic acids is 1. The molecule has 3 N–H and O–H groups in total. The average Bonchev–Trinajstić information content (AvgIpc) is 2.36. The second-order valence-corrected chi connectivity index (χ2v) is 3.98. The van der Waals surface area contributed by atoms with E-state index in [9.17, 15) is 4.79 Å². The number of carbonyl (C=O) groups is 1. The zero-order valence-electron chi connectivity index (χ0n) is 9.93. The Morgan fingerprint density at radius 3 is 2.76 bits per heavy atom. The van der Waals surface area contributed by atoms with E-state index in [-0.39, 0.29) is 13.2 Å². The number of aliphatic hydroxyl groups is 1. The average molecular weight is 239 g/mol. The predicted molar refractivity (Wildman–Crippen MR) is 63.0 cm³/mol. The van der Waals surface area contributed by atoms with E-state index >= 15 is 0 Å². The zero-order valence-corrected chi connectivity index (χ0v) is 9.93. The van der Waals surface area contributed by atoms with Crippen LogP contribution in [-0.2, 0) is 11.4 Å². The van der Waals surface area contributed by atoms with E-state index in [4.69, 9.17) is 14.9 Å². The molecule has 5 nitrogen and oxygen atoms in total. The van der Waals surface area contributed by atoms with Crippen LogP contribution >= 0.6 is 0 Å². The summed E-state index contributed by atoms with van der Waals surface area (Å²) in [6, 6.07) is 6.91. The minimum atomic E-state index is -1.13. The number of nitrogens with one attached hydrogen (secondary N) is 1. The minimum absolute atomic E-state index is 0.00765. The third-order valence-electron chi connectivity index (χ3n) is 2.63. The number of aliphatic carboxylic acids is 1. The lowest BCUT2D eigenvalue weighted by molar-refractivity contribution is -0.145. The number of hydrogen-bond acceptors (Lipinski definition) is 4. The number of carboxylic acid groups (broad SMARTS) is 1. The summed E-state index contributed by atoms with van der Waals surface area (Å²) in [4.78, 5) is 11.0. The van der Waals surface area contributed by atoms with Crippen LogP contribution in [0.4, 0.5) is 0 Å². The van der Waals surface area contributed by atoms with E-state index in [0.717, 1.165) is 5.56 Å². The summed E-state index contributed by atoms with van der Waals surface area (Å²) in [6.07, 6.45) is 0. The first-order valence-electron chi connectivity index (χ1n) is 5.27. The van der Waals surface area contributed by atoms with Crippen LogP contribution in [0.1, 0.15) is 12.5 Å². The van der Waals surface area contributed by atoms with Gasteiger partial charge in [0, 0.05) is 0 Å². The molecule has 0 amide bonds. The van der Waals surface area contributed by atoms with Crippen molar-refractivity contribution in [1.29, 1.82) is 0 Å². The van der Waals surface area contributed by atoms with E-state index in [0.29, 0.717) is 5.75 Å². The smallest absolute Gasteiger partial charge is 0.327 e.